The molecule has 6 nitrogen and oxygen atoms in total. The zero-order chi connectivity index (χ0) is 21.2. The molecule has 29 heavy (non-hydrogen) atoms. The second kappa shape index (κ2) is 11.9. The Morgan fingerprint density at radius 3 is 2.28 bits per heavy atom. The van der Waals surface area contributed by atoms with E-state index in [-0.39, 0.29) is 24.3 Å². The van der Waals surface area contributed by atoms with Crippen molar-refractivity contribution in [2.24, 2.45) is 5.92 Å². The summed E-state index contributed by atoms with van der Waals surface area (Å²) in [7, 11) is 0. The van der Waals surface area contributed by atoms with E-state index < -0.39 is 0 Å². The number of benzene rings is 1. The lowest BCUT2D eigenvalue weighted by Crippen LogP contribution is -2.52. The van der Waals surface area contributed by atoms with Gasteiger partial charge in [-0.15, -0.1) is 0 Å². The van der Waals surface area contributed by atoms with E-state index in [1.807, 2.05) is 31.2 Å². The van der Waals surface area contributed by atoms with Crippen LogP contribution in [0.3, 0.4) is 0 Å². The Hall–Kier alpha value is -1.92. The van der Waals surface area contributed by atoms with Crippen molar-refractivity contribution < 1.29 is 14.3 Å². The Labute approximate surface area is 175 Å². The van der Waals surface area contributed by atoms with Gasteiger partial charge in [0.1, 0.15) is 0 Å². The SMILES string of the molecule is CCC(CC)C(CNC(=O)CC(NC(C)=O)c1ccc(C)cc1)N1CCOCC1. The molecule has 0 bridgehead atoms. The van der Waals surface area contributed by atoms with E-state index in [0.29, 0.717) is 18.5 Å². The van der Waals surface area contributed by atoms with Crippen molar-refractivity contribution in [3.63, 3.8) is 0 Å². The van der Waals surface area contributed by atoms with Crippen LogP contribution in [0.4, 0.5) is 0 Å². The number of hydrogen-bond acceptors (Lipinski definition) is 4. The van der Waals surface area contributed by atoms with Gasteiger partial charge in [0, 0.05) is 32.6 Å². The Morgan fingerprint density at radius 2 is 1.72 bits per heavy atom. The van der Waals surface area contributed by atoms with Crippen LogP contribution in [0.5, 0.6) is 0 Å². The normalized spacial score (nSPS) is 17.0. The van der Waals surface area contributed by atoms with Gasteiger partial charge in [-0.2, -0.15) is 0 Å². The van der Waals surface area contributed by atoms with Crippen molar-refractivity contribution in [1.29, 1.82) is 0 Å². The van der Waals surface area contributed by atoms with Crippen LogP contribution in [0.15, 0.2) is 24.3 Å². The van der Waals surface area contributed by atoms with E-state index in [2.05, 4.69) is 29.4 Å². The zero-order valence-electron chi connectivity index (χ0n) is 18.4. The maximum Gasteiger partial charge on any atom is 0.222 e. The maximum atomic E-state index is 12.8. The Kier molecular flexibility index (Phi) is 9.61. The summed E-state index contributed by atoms with van der Waals surface area (Å²) in [6.45, 7) is 11.9. The van der Waals surface area contributed by atoms with Crippen LogP contribution in [0.25, 0.3) is 0 Å². The molecule has 1 aliphatic heterocycles. The number of carbonyl (C=O) groups excluding carboxylic acids is 2. The molecule has 2 amide bonds. The quantitative estimate of drug-likeness (QED) is 0.630. The van der Waals surface area contributed by atoms with Crippen molar-refractivity contribution in [3.8, 4) is 0 Å². The lowest BCUT2D eigenvalue weighted by Gasteiger charge is -2.38. The molecule has 6 heteroatoms. The molecule has 2 rings (SSSR count). The third kappa shape index (κ3) is 7.44. The first kappa shape index (κ1) is 23.4. The first-order chi connectivity index (χ1) is 13.9. The first-order valence-corrected chi connectivity index (χ1v) is 10.9. The third-order valence-corrected chi connectivity index (χ3v) is 5.86. The summed E-state index contributed by atoms with van der Waals surface area (Å²) in [6, 6.07) is 7.96. The minimum Gasteiger partial charge on any atom is -0.379 e. The number of morpholine rings is 1. The van der Waals surface area contributed by atoms with E-state index in [9.17, 15) is 9.59 Å². The van der Waals surface area contributed by atoms with Gasteiger partial charge in [0.15, 0.2) is 0 Å². The number of ether oxygens (including phenoxy) is 1. The molecule has 2 unspecified atom stereocenters. The van der Waals surface area contributed by atoms with E-state index >= 15 is 0 Å². The molecule has 2 N–H and O–H groups in total. The molecule has 0 spiro atoms. The smallest absolute Gasteiger partial charge is 0.222 e. The predicted octanol–water partition coefficient (Wildman–Crippen LogP) is 2.82. The van der Waals surface area contributed by atoms with Crippen LogP contribution >= 0.6 is 0 Å². The lowest BCUT2D eigenvalue weighted by atomic mass is 9.92. The number of amides is 2. The van der Waals surface area contributed by atoms with Crippen molar-refractivity contribution >= 4 is 11.8 Å². The summed E-state index contributed by atoms with van der Waals surface area (Å²) in [5.41, 5.74) is 2.10. The fourth-order valence-electron chi connectivity index (χ4n) is 4.11. The summed E-state index contributed by atoms with van der Waals surface area (Å²) in [5, 5.41) is 6.06. The van der Waals surface area contributed by atoms with Gasteiger partial charge >= 0.3 is 0 Å². The van der Waals surface area contributed by atoms with Crippen molar-refractivity contribution in [3.05, 3.63) is 35.4 Å². The maximum absolute atomic E-state index is 12.8. The average Bonchev–Trinajstić information content (AvgIpc) is 2.71. The van der Waals surface area contributed by atoms with Crippen LogP contribution in [0.2, 0.25) is 0 Å². The van der Waals surface area contributed by atoms with E-state index in [1.165, 1.54) is 6.92 Å². The second-order valence-corrected chi connectivity index (χ2v) is 7.96. The van der Waals surface area contributed by atoms with Crippen LogP contribution < -0.4 is 10.6 Å². The highest BCUT2D eigenvalue weighted by Gasteiger charge is 2.27. The summed E-state index contributed by atoms with van der Waals surface area (Å²) < 4.78 is 5.50. The molecule has 1 aliphatic rings. The molecule has 1 heterocycles. The number of carbonyl (C=O) groups is 2. The molecule has 0 radical (unpaired) electrons. The molecule has 1 aromatic carbocycles. The second-order valence-electron chi connectivity index (χ2n) is 7.96. The first-order valence-electron chi connectivity index (χ1n) is 10.9. The molecule has 1 saturated heterocycles. The number of aryl methyl sites for hydroxylation is 1. The molecule has 162 valence electrons. The summed E-state index contributed by atoms with van der Waals surface area (Å²) >= 11 is 0. The van der Waals surface area contributed by atoms with Gasteiger partial charge in [-0.05, 0) is 18.4 Å². The van der Waals surface area contributed by atoms with Crippen LogP contribution in [-0.4, -0.2) is 55.6 Å². The minimum absolute atomic E-state index is 0.0338. The van der Waals surface area contributed by atoms with Gasteiger partial charge < -0.3 is 15.4 Å². The van der Waals surface area contributed by atoms with Crippen molar-refractivity contribution in [2.75, 3.05) is 32.8 Å². The van der Waals surface area contributed by atoms with Gasteiger partial charge in [0.05, 0.1) is 25.7 Å². The molecule has 0 aromatic heterocycles. The van der Waals surface area contributed by atoms with E-state index in [4.69, 9.17) is 4.74 Å². The number of nitrogens with zero attached hydrogens (tertiary/aromatic N) is 1. The Morgan fingerprint density at radius 1 is 1.10 bits per heavy atom. The van der Waals surface area contributed by atoms with Crippen LogP contribution in [0.1, 0.15) is 57.2 Å². The van der Waals surface area contributed by atoms with Crippen molar-refractivity contribution in [2.45, 2.75) is 59.0 Å². The minimum atomic E-state index is -0.317. The largest absolute Gasteiger partial charge is 0.379 e. The Bertz CT molecular complexity index is 637. The highest BCUT2D eigenvalue weighted by atomic mass is 16.5. The molecule has 1 fully saturated rings. The van der Waals surface area contributed by atoms with Gasteiger partial charge in [-0.3, -0.25) is 14.5 Å². The van der Waals surface area contributed by atoms with Gasteiger partial charge in [0.2, 0.25) is 11.8 Å². The standard InChI is InChI=1S/C23H37N3O3/c1-5-19(6-2)22(26-11-13-29-14-12-26)16-24-23(28)15-21(25-18(4)27)20-9-7-17(3)8-10-20/h7-10,19,21-22H,5-6,11-16H2,1-4H3,(H,24,28)(H,25,27). The number of hydrogen-bond donors (Lipinski definition) is 2. The summed E-state index contributed by atoms with van der Waals surface area (Å²) in [5.74, 6) is 0.372. The lowest BCUT2D eigenvalue weighted by molar-refractivity contribution is -0.123. The Balaban J connectivity index is 2.00. The molecule has 0 saturated carbocycles. The average molecular weight is 404 g/mol. The van der Waals surface area contributed by atoms with Crippen molar-refractivity contribution in [1.82, 2.24) is 15.5 Å². The van der Waals surface area contributed by atoms with Crippen LogP contribution in [-0.2, 0) is 14.3 Å². The predicted molar refractivity (Wildman–Crippen MR) is 116 cm³/mol. The highest BCUT2D eigenvalue weighted by Crippen LogP contribution is 2.21. The monoisotopic (exact) mass is 403 g/mol. The molecular weight excluding hydrogens is 366 g/mol. The fraction of sp³-hybridized carbons (Fsp3) is 0.652. The van der Waals surface area contributed by atoms with Gasteiger partial charge in [0.25, 0.3) is 0 Å². The fourth-order valence-corrected chi connectivity index (χ4v) is 4.11. The third-order valence-electron chi connectivity index (χ3n) is 5.86. The van der Waals surface area contributed by atoms with E-state index in [1.54, 1.807) is 0 Å². The van der Waals surface area contributed by atoms with E-state index in [0.717, 1.165) is 50.3 Å². The van der Waals surface area contributed by atoms with Gasteiger partial charge in [-0.25, -0.2) is 0 Å². The van der Waals surface area contributed by atoms with Crippen LogP contribution in [0, 0.1) is 12.8 Å². The molecular formula is C23H37N3O3. The summed E-state index contributed by atoms with van der Waals surface area (Å²) in [6.07, 6.45) is 2.42. The number of rotatable bonds is 10. The molecule has 0 aliphatic carbocycles. The molecule has 1 aromatic rings. The molecule has 2 atom stereocenters. The zero-order valence-corrected chi connectivity index (χ0v) is 18.4. The van der Waals surface area contributed by atoms with Gasteiger partial charge in [-0.1, -0.05) is 56.5 Å². The topological polar surface area (TPSA) is 70.7 Å². The number of nitrogens with one attached hydrogen (secondary N) is 2. The summed E-state index contributed by atoms with van der Waals surface area (Å²) in [4.78, 5) is 26.9. The highest BCUT2D eigenvalue weighted by molar-refractivity contribution is 5.79.